The van der Waals surface area contributed by atoms with Crippen molar-refractivity contribution in [2.24, 2.45) is 5.92 Å². The van der Waals surface area contributed by atoms with Crippen molar-refractivity contribution < 1.29 is 22.7 Å². The van der Waals surface area contributed by atoms with Gasteiger partial charge in [0, 0.05) is 12.0 Å². The maximum absolute atomic E-state index is 13.0. The summed E-state index contributed by atoms with van der Waals surface area (Å²) < 4.78 is 37.4. The minimum absolute atomic E-state index is 0.118. The van der Waals surface area contributed by atoms with Crippen LogP contribution in [0.4, 0.5) is 0 Å². The zero-order valence-corrected chi connectivity index (χ0v) is 13.8. The van der Waals surface area contributed by atoms with Crippen LogP contribution in [0.25, 0.3) is 0 Å². The highest BCUT2D eigenvalue weighted by Gasteiger charge is 2.52. The van der Waals surface area contributed by atoms with E-state index in [0.717, 1.165) is 0 Å². The lowest BCUT2D eigenvalue weighted by Crippen LogP contribution is -2.48. The standard InChI is InChI=1S/C16H19NO5S/c1-3-22-16(18)15-11-4-5-12(10-11)17(15)23(19,20)14-8-6-13(21-2)7-9-14/h4-9,11-12,15H,3,10H2,1-2H3/t11-,12+,15?/m0/s1. The summed E-state index contributed by atoms with van der Waals surface area (Å²) in [6, 6.07) is 5.10. The fourth-order valence-corrected chi connectivity index (χ4v) is 5.01. The van der Waals surface area contributed by atoms with E-state index in [1.54, 1.807) is 19.1 Å². The van der Waals surface area contributed by atoms with Gasteiger partial charge < -0.3 is 9.47 Å². The molecular weight excluding hydrogens is 318 g/mol. The number of carbonyl (C=O) groups excluding carboxylic acids is 1. The summed E-state index contributed by atoms with van der Waals surface area (Å²) in [6.45, 7) is 1.94. The first-order valence-electron chi connectivity index (χ1n) is 7.51. The molecule has 1 fully saturated rings. The van der Waals surface area contributed by atoms with Gasteiger partial charge in [0.1, 0.15) is 11.8 Å². The van der Waals surface area contributed by atoms with Crippen molar-refractivity contribution in [1.29, 1.82) is 0 Å². The van der Waals surface area contributed by atoms with Gasteiger partial charge in [-0.05, 0) is 37.6 Å². The van der Waals surface area contributed by atoms with Crippen molar-refractivity contribution >= 4 is 16.0 Å². The first kappa shape index (κ1) is 16.0. The maximum atomic E-state index is 13.0. The predicted octanol–water partition coefficient (Wildman–Crippen LogP) is 1.58. The molecule has 3 atom stereocenters. The van der Waals surface area contributed by atoms with E-state index >= 15 is 0 Å². The number of sulfonamides is 1. The summed E-state index contributed by atoms with van der Waals surface area (Å²) in [5, 5.41) is 0. The van der Waals surface area contributed by atoms with Gasteiger partial charge in [-0.15, -0.1) is 0 Å². The van der Waals surface area contributed by atoms with E-state index in [0.29, 0.717) is 12.2 Å². The van der Waals surface area contributed by atoms with Gasteiger partial charge in [-0.1, -0.05) is 12.2 Å². The molecule has 2 bridgehead atoms. The number of fused-ring (bicyclic) bond motifs is 2. The first-order chi connectivity index (χ1) is 11.0. The molecule has 124 valence electrons. The lowest BCUT2D eigenvalue weighted by Gasteiger charge is -2.30. The fraction of sp³-hybridized carbons (Fsp3) is 0.438. The van der Waals surface area contributed by atoms with Gasteiger partial charge in [-0.2, -0.15) is 4.31 Å². The molecule has 2 aliphatic rings. The topological polar surface area (TPSA) is 72.9 Å². The first-order valence-corrected chi connectivity index (χ1v) is 8.95. The molecule has 1 aliphatic heterocycles. The SMILES string of the molecule is CCOC(=O)C1[C@H]2C=C[C@H](C2)N1S(=O)(=O)c1ccc(OC)cc1. The Morgan fingerprint density at radius 2 is 1.96 bits per heavy atom. The van der Waals surface area contributed by atoms with E-state index < -0.39 is 22.0 Å². The zero-order chi connectivity index (χ0) is 16.6. The Kier molecular flexibility index (Phi) is 4.16. The lowest BCUT2D eigenvalue weighted by molar-refractivity contribution is -0.148. The number of methoxy groups -OCH3 is 1. The molecule has 3 rings (SSSR count). The highest BCUT2D eigenvalue weighted by atomic mass is 32.2. The highest BCUT2D eigenvalue weighted by molar-refractivity contribution is 7.89. The average molecular weight is 337 g/mol. The summed E-state index contributed by atoms with van der Waals surface area (Å²) in [4.78, 5) is 12.4. The van der Waals surface area contributed by atoms with E-state index in [9.17, 15) is 13.2 Å². The van der Waals surface area contributed by atoms with Crippen molar-refractivity contribution in [3.63, 3.8) is 0 Å². The highest BCUT2D eigenvalue weighted by Crippen LogP contribution is 2.41. The molecular formula is C16H19NO5S. The molecule has 0 radical (unpaired) electrons. The molecule has 7 heteroatoms. The van der Waals surface area contributed by atoms with Crippen LogP contribution in [-0.4, -0.2) is 44.5 Å². The molecule has 0 spiro atoms. The molecule has 1 unspecified atom stereocenters. The van der Waals surface area contributed by atoms with Gasteiger partial charge in [-0.25, -0.2) is 8.42 Å². The largest absolute Gasteiger partial charge is 0.497 e. The van der Waals surface area contributed by atoms with Gasteiger partial charge in [0.05, 0.1) is 18.6 Å². The van der Waals surface area contributed by atoms with Crippen LogP contribution in [0.2, 0.25) is 0 Å². The Labute approximate surface area is 135 Å². The summed E-state index contributed by atoms with van der Waals surface area (Å²) in [5.41, 5.74) is 0. The number of nitrogens with zero attached hydrogens (tertiary/aromatic N) is 1. The third-order valence-corrected chi connectivity index (χ3v) is 6.18. The van der Waals surface area contributed by atoms with Gasteiger partial charge in [0.2, 0.25) is 10.0 Å². The molecule has 1 aliphatic carbocycles. The van der Waals surface area contributed by atoms with Crippen LogP contribution >= 0.6 is 0 Å². The molecule has 0 amide bonds. The van der Waals surface area contributed by atoms with Crippen molar-refractivity contribution in [3.05, 3.63) is 36.4 Å². The average Bonchev–Trinajstić information content (AvgIpc) is 3.16. The van der Waals surface area contributed by atoms with Crippen molar-refractivity contribution in [1.82, 2.24) is 4.31 Å². The molecule has 1 aromatic rings. The molecule has 1 saturated heterocycles. The maximum Gasteiger partial charge on any atom is 0.325 e. The minimum Gasteiger partial charge on any atom is -0.497 e. The van der Waals surface area contributed by atoms with Gasteiger partial charge in [0.25, 0.3) is 0 Å². The molecule has 1 heterocycles. The third kappa shape index (κ3) is 2.64. The Morgan fingerprint density at radius 1 is 1.26 bits per heavy atom. The number of rotatable bonds is 5. The Bertz CT molecular complexity index is 725. The van der Waals surface area contributed by atoms with E-state index in [1.807, 2.05) is 12.2 Å². The molecule has 0 N–H and O–H groups in total. The van der Waals surface area contributed by atoms with E-state index in [-0.39, 0.29) is 23.5 Å². The van der Waals surface area contributed by atoms with Crippen LogP contribution in [0, 0.1) is 5.92 Å². The Morgan fingerprint density at radius 3 is 2.57 bits per heavy atom. The minimum atomic E-state index is -3.78. The number of carbonyl (C=O) groups is 1. The second-order valence-corrected chi connectivity index (χ2v) is 7.40. The van der Waals surface area contributed by atoms with Crippen LogP contribution in [0.3, 0.4) is 0 Å². The zero-order valence-electron chi connectivity index (χ0n) is 13.0. The second-order valence-electron chi connectivity index (χ2n) is 5.56. The van der Waals surface area contributed by atoms with Crippen LogP contribution < -0.4 is 4.74 Å². The van der Waals surface area contributed by atoms with Crippen molar-refractivity contribution in [2.75, 3.05) is 13.7 Å². The van der Waals surface area contributed by atoms with Gasteiger partial charge in [0.15, 0.2) is 0 Å². The van der Waals surface area contributed by atoms with E-state index in [2.05, 4.69) is 0 Å². The normalized spacial score (nSPS) is 26.4. The summed E-state index contributed by atoms with van der Waals surface area (Å²) >= 11 is 0. The van der Waals surface area contributed by atoms with Crippen molar-refractivity contribution in [3.8, 4) is 5.75 Å². The number of ether oxygens (including phenoxy) is 2. The molecule has 1 aromatic carbocycles. The molecule has 6 nitrogen and oxygen atoms in total. The summed E-state index contributed by atoms with van der Waals surface area (Å²) in [5.74, 6) is -0.0257. The van der Waals surface area contributed by atoms with Gasteiger partial charge >= 0.3 is 5.97 Å². The van der Waals surface area contributed by atoms with Crippen LogP contribution in [0.5, 0.6) is 5.75 Å². The predicted molar refractivity (Wildman–Crippen MR) is 83.5 cm³/mol. The molecule has 23 heavy (non-hydrogen) atoms. The third-order valence-electron chi connectivity index (χ3n) is 4.26. The smallest absolute Gasteiger partial charge is 0.325 e. The van der Waals surface area contributed by atoms with E-state index in [4.69, 9.17) is 9.47 Å². The quantitative estimate of drug-likeness (QED) is 0.602. The van der Waals surface area contributed by atoms with E-state index in [1.165, 1.54) is 23.5 Å². The number of hydrogen-bond acceptors (Lipinski definition) is 5. The Hall–Kier alpha value is -1.86. The summed E-state index contributed by atoms with van der Waals surface area (Å²) in [6.07, 6.45) is 4.38. The summed E-state index contributed by atoms with van der Waals surface area (Å²) in [7, 11) is -2.26. The molecule has 0 saturated carbocycles. The van der Waals surface area contributed by atoms with Gasteiger partial charge in [-0.3, -0.25) is 4.79 Å². The number of esters is 1. The monoisotopic (exact) mass is 337 g/mol. The second kappa shape index (κ2) is 5.98. The number of hydrogen-bond donors (Lipinski definition) is 0. The number of benzene rings is 1. The fourth-order valence-electron chi connectivity index (χ4n) is 3.23. The van der Waals surface area contributed by atoms with Crippen molar-refractivity contribution in [2.45, 2.75) is 30.3 Å². The Balaban J connectivity index is 1.96. The van der Waals surface area contributed by atoms with Crippen LogP contribution in [0.1, 0.15) is 13.3 Å². The lowest BCUT2D eigenvalue weighted by atomic mass is 10.0. The van der Waals surface area contributed by atoms with Crippen LogP contribution in [0.15, 0.2) is 41.3 Å². The molecule has 0 aromatic heterocycles. The van der Waals surface area contributed by atoms with Crippen LogP contribution in [-0.2, 0) is 19.6 Å².